The quantitative estimate of drug-likeness (QED) is 0.209. The smallest absolute Gasteiger partial charge is 0.344 e. The van der Waals surface area contributed by atoms with E-state index < -0.39 is 55.4 Å². The van der Waals surface area contributed by atoms with Gasteiger partial charge in [0.25, 0.3) is 0 Å². The molecule has 3 atom stereocenters. The summed E-state index contributed by atoms with van der Waals surface area (Å²) >= 11 is 0. The molecule has 0 radical (unpaired) electrons. The van der Waals surface area contributed by atoms with Gasteiger partial charge in [-0.05, 0) is 0 Å². The molecule has 20 heavy (non-hydrogen) atoms. The molecule has 0 aromatic rings. The fourth-order valence-electron chi connectivity index (χ4n) is 0.708. The van der Waals surface area contributed by atoms with Crippen LogP contribution in [-0.4, -0.2) is 96.2 Å². The summed E-state index contributed by atoms with van der Waals surface area (Å²) in [6, 6.07) is 0. The van der Waals surface area contributed by atoms with E-state index >= 15 is 0 Å². The summed E-state index contributed by atoms with van der Waals surface area (Å²) in [6.07, 6.45) is -7.52. The first-order valence-electron chi connectivity index (χ1n) is 5.02. The lowest BCUT2D eigenvalue weighted by Gasteiger charge is -2.19. The van der Waals surface area contributed by atoms with Crippen molar-refractivity contribution < 1.29 is 55.2 Å². The van der Waals surface area contributed by atoms with Gasteiger partial charge in [0.2, 0.25) is 6.10 Å². The molecule has 11 heteroatoms. The van der Waals surface area contributed by atoms with E-state index in [2.05, 4.69) is 0 Å². The van der Waals surface area contributed by atoms with Crippen LogP contribution in [0.25, 0.3) is 0 Å². The summed E-state index contributed by atoms with van der Waals surface area (Å²) in [4.78, 5) is 29.5. The van der Waals surface area contributed by atoms with Crippen LogP contribution >= 0.6 is 0 Å². The Morgan fingerprint density at radius 2 is 1.25 bits per heavy atom. The molecule has 0 heterocycles. The Morgan fingerprint density at radius 1 is 0.850 bits per heavy atom. The van der Waals surface area contributed by atoms with Crippen LogP contribution in [0.4, 0.5) is 0 Å². The lowest BCUT2D eigenvalue weighted by Crippen LogP contribution is -2.44. The van der Waals surface area contributed by atoms with E-state index in [1.54, 1.807) is 0 Å². The predicted molar refractivity (Wildman–Crippen MR) is 58.5 cm³/mol. The zero-order valence-electron chi connectivity index (χ0n) is 10.0. The standard InChI is InChI=1S/C6H12O6.C3H4O5/c7-1-3(9)5(11)6(12)4(10)2-8;4-1(2(5)6)3(7)8/h3,5-9,11-12H,1-2H2;1,4H,(H,5,6)(H,7,8). The molecule has 8 N–H and O–H groups in total. The van der Waals surface area contributed by atoms with Gasteiger partial charge in [0.15, 0.2) is 5.78 Å². The minimum Gasteiger partial charge on any atom is -0.479 e. The molecule has 0 saturated heterocycles. The molecule has 0 aliphatic carbocycles. The SMILES string of the molecule is O=C(CO)C(O)C(O)C(O)CO.O=C(O)C(O)C(=O)O. The number of Topliss-reactive ketones (excluding diaryl/α,β-unsaturated/α-hetero) is 1. The van der Waals surface area contributed by atoms with Crippen LogP contribution in [0.1, 0.15) is 0 Å². The van der Waals surface area contributed by atoms with Crippen molar-refractivity contribution in [2.24, 2.45) is 0 Å². The van der Waals surface area contributed by atoms with E-state index in [1.807, 2.05) is 0 Å². The molecule has 0 aliphatic rings. The van der Waals surface area contributed by atoms with Crippen molar-refractivity contribution in [3.05, 3.63) is 0 Å². The van der Waals surface area contributed by atoms with Crippen molar-refractivity contribution in [1.82, 2.24) is 0 Å². The van der Waals surface area contributed by atoms with Crippen molar-refractivity contribution in [3.63, 3.8) is 0 Å². The van der Waals surface area contributed by atoms with Crippen LogP contribution in [0.5, 0.6) is 0 Å². The Balaban J connectivity index is 0. The van der Waals surface area contributed by atoms with Gasteiger partial charge in [-0.3, -0.25) is 4.79 Å². The van der Waals surface area contributed by atoms with Crippen LogP contribution in [0.2, 0.25) is 0 Å². The maximum Gasteiger partial charge on any atom is 0.344 e. The maximum absolute atomic E-state index is 10.5. The third-order valence-electron chi connectivity index (χ3n) is 1.86. The Hall–Kier alpha value is -1.63. The summed E-state index contributed by atoms with van der Waals surface area (Å²) < 4.78 is 0. The van der Waals surface area contributed by atoms with Crippen LogP contribution in [0.3, 0.4) is 0 Å². The fraction of sp³-hybridized carbons (Fsp3) is 0.667. The molecule has 0 saturated carbocycles. The minimum atomic E-state index is -2.30. The third kappa shape index (κ3) is 7.73. The van der Waals surface area contributed by atoms with E-state index in [9.17, 15) is 14.4 Å². The Bertz CT molecular complexity index is 314. The summed E-state index contributed by atoms with van der Waals surface area (Å²) in [5, 5.41) is 66.5. The van der Waals surface area contributed by atoms with Gasteiger partial charge in [0.1, 0.15) is 24.9 Å². The number of hydrogen-bond donors (Lipinski definition) is 8. The molecular formula is C9H16O11. The van der Waals surface area contributed by atoms with Crippen molar-refractivity contribution >= 4 is 17.7 Å². The molecule has 3 unspecified atom stereocenters. The summed E-state index contributed by atoms with van der Waals surface area (Å²) in [5.74, 6) is -4.51. The Labute approximate surface area is 112 Å². The molecule has 0 aromatic carbocycles. The minimum absolute atomic E-state index is 0.767. The molecule has 0 aliphatic heterocycles. The summed E-state index contributed by atoms with van der Waals surface area (Å²) in [6.45, 7) is -1.69. The lowest BCUT2D eigenvalue weighted by atomic mass is 10.1. The molecule has 0 bridgehead atoms. The van der Waals surface area contributed by atoms with Gasteiger partial charge in [0.05, 0.1) is 6.61 Å². The highest BCUT2D eigenvalue weighted by Gasteiger charge is 2.28. The molecular weight excluding hydrogens is 284 g/mol. The average Bonchev–Trinajstić information content (AvgIpc) is 2.43. The molecule has 11 nitrogen and oxygen atoms in total. The fourth-order valence-corrected chi connectivity index (χ4v) is 0.708. The number of carbonyl (C=O) groups excluding carboxylic acids is 1. The number of hydrogen-bond acceptors (Lipinski definition) is 9. The van der Waals surface area contributed by atoms with E-state index in [1.165, 1.54) is 0 Å². The lowest BCUT2D eigenvalue weighted by molar-refractivity contribution is -0.161. The third-order valence-corrected chi connectivity index (χ3v) is 1.86. The zero-order chi connectivity index (χ0) is 16.5. The topological polar surface area (TPSA) is 213 Å². The number of carboxylic acid groups (broad SMARTS) is 2. The van der Waals surface area contributed by atoms with Gasteiger partial charge in [0, 0.05) is 0 Å². The van der Waals surface area contributed by atoms with Crippen LogP contribution in [-0.2, 0) is 14.4 Å². The number of aliphatic hydroxyl groups excluding tert-OH is 6. The Morgan fingerprint density at radius 3 is 1.45 bits per heavy atom. The number of ketones is 1. The van der Waals surface area contributed by atoms with Gasteiger partial charge < -0.3 is 40.9 Å². The monoisotopic (exact) mass is 300 g/mol. The second kappa shape index (κ2) is 10.2. The van der Waals surface area contributed by atoms with Crippen LogP contribution in [0.15, 0.2) is 0 Å². The molecule has 0 amide bonds. The molecule has 0 spiro atoms. The van der Waals surface area contributed by atoms with Crippen LogP contribution < -0.4 is 0 Å². The number of carbonyl (C=O) groups is 3. The predicted octanol–water partition coefficient (Wildman–Crippen LogP) is -4.86. The number of aliphatic carboxylic acids is 2. The van der Waals surface area contributed by atoms with E-state index in [-0.39, 0.29) is 0 Å². The van der Waals surface area contributed by atoms with Crippen molar-refractivity contribution in [3.8, 4) is 0 Å². The first kappa shape index (κ1) is 20.7. The van der Waals surface area contributed by atoms with Gasteiger partial charge in [-0.1, -0.05) is 0 Å². The number of rotatable bonds is 7. The van der Waals surface area contributed by atoms with E-state index in [4.69, 9.17) is 40.9 Å². The van der Waals surface area contributed by atoms with Gasteiger partial charge in [-0.25, -0.2) is 9.59 Å². The second-order valence-corrected chi connectivity index (χ2v) is 3.39. The van der Waals surface area contributed by atoms with Crippen molar-refractivity contribution in [1.29, 1.82) is 0 Å². The number of aliphatic hydroxyl groups is 6. The normalized spacial score (nSPS) is 14.8. The first-order valence-corrected chi connectivity index (χ1v) is 5.02. The van der Waals surface area contributed by atoms with Crippen molar-refractivity contribution in [2.45, 2.75) is 24.4 Å². The highest BCUT2D eigenvalue weighted by atomic mass is 16.4. The molecule has 0 fully saturated rings. The highest BCUT2D eigenvalue weighted by molar-refractivity contribution is 5.95. The second-order valence-electron chi connectivity index (χ2n) is 3.39. The van der Waals surface area contributed by atoms with Gasteiger partial charge in [-0.2, -0.15) is 0 Å². The molecule has 0 rings (SSSR count). The molecule has 118 valence electrons. The molecule has 0 aromatic heterocycles. The van der Waals surface area contributed by atoms with Gasteiger partial charge in [-0.15, -0.1) is 0 Å². The van der Waals surface area contributed by atoms with Crippen molar-refractivity contribution in [2.75, 3.05) is 13.2 Å². The largest absolute Gasteiger partial charge is 0.479 e. The maximum atomic E-state index is 10.5. The highest BCUT2D eigenvalue weighted by Crippen LogP contribution is 2.00. The Kier molecular flexibility index (Phi) is 10.5. The summed E-state index contributed by atoms with van der Waals surface area (Å²) in [5.41, 5.74) is 0. The van der Waals surface area contributed by atoms with Crippen LogP contribution in [0, 0.1) is 0 Å². The van der Waals surface area contributed by atoms with E-state index in [0.29, 0.717) is 0 Å². The average molecular weight is 300 g/mol. The number of carboxylic acids is 2. The van der Waals surface area contributed by atoms with E-state index in [0.717, 1.165) is 0 Å². The zero-order valence-corrected chi connectivity index (χ0v) is 10.0. The summed E-state index contributed by atoms with van der Waals surface area (Å²) in [7, 11) is 0. The van der Waals surface area contributed by atoms with Gasteiger partial charge >= 0.3 is 11.9 Å². The first-order chi connectivity index (χ1) is 9.09.